The Bertz CT molecular complexity index is 1320. The van der Waals surface area contributed by atoms with Gasteiger partial charge in [-0.2, -0.15) is 0 Å². The van der Waals surface area contributed by atoms with Gasteiger partial charge >= 0.3 is 0 Å². The number of carbonyl (C=O) groups is 1. The van der Waals surface area contributed by atoms with Crippen molar-refractivity contribution < 1.29 is 14.3 Å². The molecule has 0 saturated carbocycles. The van der Waals surface area contributed by atoms with Gasteiger partial charge in [0.05, 0.1) is 23.6 Å². The number of ether oxygens (including phenoxy) is 2. The zero-order valence-electron chi connectivity index (χ0n) is 18.9. The topological polar surface area (TPSA) is 78.3 Å². The van der Waals surface area contributed by atoms with E-state index in [-0.39, 0.29) is 11.7 Å². The fourth-order valence-corrected chi connectivity index (χ4v) is 4.42. The first-order valence-electron chi connectivity index (χ1n) is 10.6. The van der Waals surface area contributed by atoms with Crippen LogP contribution in [-0.4, -0.2) is 33.5 Å². The Kier molecular flexibility index (Phi) is 8.17. The van der Waals surface area contributed by atoms with Crippen LogP contribution < -0.4 is 14.8 Å². The highest BCUT2D eigenvalue weighted by Gasteiger charge is 2.22. The van der Waals surface area contributed by atoms with Gasteiger partial charge in [-0.3, -0.25) is 9.36 Å². The van der Waals surface area contributed by atoms with Crippen LogP contribution in [0.1, 0.15) is 18.9 Å². The van der Waals surface area contributed by atoms with Crippen LogP contribution >= 0.6 is 35.0 Å². The third-order valence-electron chi connectivity index (χ3n) is 4.94. The highest BCUT2D eigenvalue weighted by atomic mass is 35.5. The second kappa shape index (κ2) is 11.5. The van der Waals surface area contributed by atoms with E-state index >= 15 is 0 Å². The predicted molar refractivity (Wildman–Crippen MR) is 139 cm³/mol. The van der Waals surface area contributed by atoms with Crippen LogP contribution in [0.3, 0.4) is 0 Å². The van der Waals surface area contributed by atoms with Crippen molar-refractivity contribution in [2.45, 2.75) is 18.2 Å². The highest BCUT2D eigenvalue weighted by molar-refractivity contribution is 7.99. The number of aromatic nitrogens is 3. The van der Waals surface area contributed by atoms with Crippen molar-refractivity contribution in [3.8, 4) is 17.2 Å². The molecule has 0 radical (unpaired) electrons. The molecule has 1 heterocycles. The Morgan fingerprint density at radius 1 is 1.03 bits per heavy atom. The molecule has 1 aromatic heterocycles. The maximum atomic E-state index is 12.6. The summed E-state index contributed by atoms with van der Waals surface area (Å²) in [4.78, 5) is 12.6. The van der Waals surface area contributed by atoms with Crippen LogP contribution in [-0.2, 0) is 4.79 Å². The number of nitrogens with zero attached hydrogens (tertiary/aromatic N) is 3. The first kappa shape index (κ1) is 24.9. The summed E-state index contributed by atoms with van der Waals surface area (Å²) in [7, 11) is 1.59. The van der Waals surface area contributed by atoms with Crippen LogP contribution in [0.5, 0.6) is 11.5 Å². The molecule has 1 amide bonds. The molecular formula is C25H22Cl2N4O3S. The lowest BCUT2D eigenvalue weighted by Gasteiger charge is -2.18. The van der Waals surface area contributed by atoms with Crippen molar-refractivity contribution in [3.63, 3.8) is 0 Å². The average Bonchev–Trinajstić information content (AvgIpc) is 3.30. The zero-order chi connectivity index (χ0) is 24.8. The molecule has 0 aliphatic heterocycles. The van der Waals surface area contributed by atoms with Crippen molar-refractivity contribution in [3.05, 3.63) is 88.7 Å². The number of amides is 1. The lowest BCUT2D eigenvalue weighted by atomic mass is 10.3. The number of benzene rings is 3. The maximum Gasteiger partial charge on any atom is 0.234 e. The first-order chi connectivity index (χ1) is 17.0. The van der Waals surface area contributed by atoms with Gasteiger partial charge in [0.2, 0.25) is 5.91 Å². The number of thioether (sulfide) groups is 1. The Morgan fingerprint density at radius 2 is 1.74 bits per heavy atom. The number of anilines is 1. The predicted octanol–water partition coefficient (Wildman–Crippen LogP) is 6.45. The molecule has 0 bridgehead atoms. The molecule has 1 atom stereocenters. The number of hydrogen-bond donors (Lipinski definition) is 1. The van der Waals surface area contributed by atoms with Gasteiger partial charge in [0.1, 0.15) is 0 Å². The molecule has 1 N–H and O–H groups in total. The monoisotopic (exact) mass is 528 g/mol. The normalized spacial score (nSPS) is 11.7. The van der Waals surface area contributed by atoms with Crippen molar-refractivity contribution in [1.29, 1.82) is 0 Å². The summed E-state index contributed by atoms with van der Waals surface area (Å²) in [5.41, 5.74) is 1.30. The van der Waals surface area contributed by atoms with E-state index in [0.29, 0.717) is 38.2 Å². The lowest BCUT2D eigenvalue weighted by molar-refractivity contribution is -0.113. The standard InChI is InChI=1S/C25H22Cl2N4O3S/c1-16(34-22-11-7-6-10-21(22)33-2)24-29-30-25(31(24)18-8-4-3-5-9-18)35-15-23(32)28-20-14-17(26)12-13-19(20)27/h3-14,16H,15H2,1-2H3,(H,28,32). The number of halogens is 2. The fraction of sp³-hybridized carbons (Fsp3) is 0.160. The molecule has 3 aromatic carbocycles. The van der Waals surface area contributed by atoms with Crippen molar-refractivity contribution in [2.75, 3.05) is 18.2 Å². The van der Waals surface area contributed by atoms with E-state index < -0.39 is 6.10 Å². The number of methoxy groups -OCH3 is 1. The molecular weight excluding hydrogens is 507 g/mol. The van der Waals surface area contributed by atoms with Gasteiger partial charge in [-0.25, -0.2) is 0 Å². The maximum absolute atomic E-state index is 12.6. The molecule has 10 heteroatoms. The van der Waals surface area contributed by atoms with Gasteiger partial charge in [-0.05, 0) is 49.4 Å². The number of carbonyl (C=O) groups excluding carboxylic acids is 1. The Balaban J connectivity index is 1.56. The Morgan fingerprint density at radius 3 is 2.49 bits per heavy atom. The number of rotatable bonds is 9. The van der Waals surface area contributed by atoms with Gasteiger partial charge in [-0.1, -0.05) is 65.3 Å². The minimum atomic E-state index is -0.451. The molecule has 35 heavy (non-hydrogen) atoms. The smallest absolute Gasteiger partial charge is 0.234 e. The third-order valence-corrected chi connectivity index (χ3v) is 6.44. The zero-order valence-corrected chi connectivity index (χ0v) is 21.3. The van der Waals surface area contributed by atoms with E-state index in [9.17, 15) is 4.79 Å². The molecule has 4 rings (SSSR count). The van der Waals surface area contributed by atoms with Gasteiger partial charge in [-0.15, -0.1) is 10.2 Å². The van der Waals surface area contributed by atoms with Crippen LogP contribution in [0.4, 0.5) is 5.69 Å². The second-order valence-electron chi connectivity index (χ2n) is 7.38. The Hall–Kier alpha value is -3.20. The van der Waals surface area contributed by atoms with Gasteiger partial charge < -0.3 is 14.8 Å². The van der Waals surface area contributed by atoms with E-state index in [2.05, 4.69) is 15.5 Å². The molecule has 0 aliphatic carbocycles. The van der Waals surface area contributed by atoms with Gasteiger partial charge in [0.15, 0.2) is 28.6 Å². The van der Waals surface area contributed by atoms with E-state index in [1.165, 1.54) is 11.8 Å². The summed E-state index contributed by atoms with van der Waals surface area (Å²) >= 11 is 13.4. The molecule has 7 nitrogen and oxygen atoms in total. The molecule has 0 spiro atoms. The van der Waals surface area contributed by atoms with E-state index in [1.54, 1.807) is 25.3 Å². The third kappa shape index (κ3) is 6.08. The molecule has 0 fully saturated rings. The molecule has 1 unspecified atom stereocenters. The van der Waals surface area contributed by atoms with E-state index in [0.717, 1.165) is 5.69 Å². The second-order valence-corrected chi connectivity index (χ2v) is 9.17. The fourth-order valence-electron chi connectivity index (χ4n) is 3.33. The minimum absolute atomic E-state index is 0.0928. The van der Waals surface area contributed by atoms with Crippen molar-refractivity contribution >= 4 is 46.6 Å². The summed E-state index contributed by atoms with van der Waals surface area (Å²) in [6.45, 7) is 1.89. The van der Waals surface area contributed by atoms with Gasteiger partial charge in [0, 0.05) is 10.7 Å². The van der Waals surface area contributed by atoms with E-state index in [1.807, 2.05) is 66.1 Å². The molecule has 180 valence electrons. The summed E-state index contributed by atoms with van der Waals surface area (Å²) in [6, 6.07) is 22.0. The molecule has 0 aliphatic rings. The van der Waals surface area contributed by atoms with Crippen LogP contribution in [0, 0.1) is 0 Å². The van der Waals surface area contributed by atoms with E-state index in [4.69, 9.17) is 32.7 Å². The summed E-state index contributed by atoms with van der Waals surface area (Å²) in [6.07, 6.45) is -0.451. The van der Waals surface area contributed by atoms with Crippen LogP contribution in [0.2, 0.25) is 10.0 Å². The summed E-state index contributed by atoms with van der Waals surface area (Å²) < 4.78 is 13.4. The molecule has 4 aromatic rings. The van der Waals surface area contributed by atoms with Crippen molar-refractivity contribution in [2.24, 2.45) is 0 Å². The number of para-hydroxylation sites is 3. The highest BCUT2D eigenvalue weighted by Crippen LogP contribution is 2.32. The minimum Gasteiger partial charge on any atom is -0.493 e. The quantitative estimate of drug-likeness (QED) is 0.251. The number of nitrogens with one attached hydrogen (secondary N) is 1. The van der Waals surface area contributed by atoms with Crippen molar-refractivity contribution in [1.82, 2.24) is 14.8 Å². The summed E-state index contributed by atoms with van der Waals surface area (Å²) in [5.74, 6) is 1.65. The van der Waals surface area contributed by atoms with Gasteiger partial charge in [0.25, 0.3) is 0 Å². The van der Waals surface area contributed by atoms with Crippen LogP contribution in [0.15, 0.2) is 78.0 Å². The van der Waals surface area contributed by atoms with Crippen LogP contribution in [0.25, 0.3) is 5.69 Å². The lowest BCUT2D eigenvalue weighted by Crippen LogP contribution is -2.15. The first-order valence-corrected chi connectivity index (χ1v) is 12.4. The summed E-state index contributed by atoms with van der Waals surface area (Å²) in [5, 5.41) is 13.0. The Labute approximate surface area is 217 Å². The largest absolute Gasteiger partial charge is 0.493 e. The SMILES string of the molecule is COc1ccccc1OC(C)c1nnc(SCC(=O)Nc2cc(Cl)ccc2Cl)n1-c1ccccc1. The molecule has 0 saturated heterocycles. The average molecular weight is 529 g/mol. The number of hydrogen-bond acceptors (Lipinski definition) is 6.